The van der Waals surface area contributed by atoms with E-state index in [1.807, 2.05) is 0 Å². The highest BCUT2D eigenvalue weighted by Gasteiger charge is 2.26. The number of hydrogen-bond donors (Lipinski definition) is 1. The molecule has 0 aromatic carbocycles. The summed E-state index contributed by atoms with van der Waals surface area (Å²) >= 11 is 5.93. The number of rotatable bonds is 4. The fourth-order valence-corrected chi connectivity index (χ4v) is 2.65. The van der Waals surface area contributed by atoms with E-state index in [1.165, 1.54) is 19.3 Å². The lowest BCUT2D eigenvalue weighted by Crippen LogP contribution is -2.27. The molecule has 1 aromatic heterocycles. The summed E-state index contributed by atoms with van der Waals surface area (Å²) in [6, 6.07) is 3.66. The monoisotopic (exact) mass is 294 g/mol. The van der Waals surface area contributed by atoms with E-state index in [4.69, 9.17) is 16.3 Å². The Labute approximate surface area is 123 Å². The number of hydrogen-bond acceptors (Lipinski definition) is 3. The first-order valence-corrected chi connectivity index (χ1v) is 7.74. The minimum Gasteiger partial charge on any atom is -0.474 e. The van der Waals surface area contributed by atoms with Gasteiger partial charge < -0.3 is 10.1 Å². The summed E-state index contributed by atoms with van der Waals surface area (Å²) in [5.41, 5.74) is 0.492. The number of pyridine rings is 1. The number of nitrogens with zero attached hydrogens (tertiary/aromatic N) is 1. The van der Waals surface area contributed by atoms with Crippen LogP contribution in [-0.2, 0) is 0 Å². The fraction of sp³-hybridized carbons (Fsp3) is 0.600. The van der Waals surface area contributed by atoms with Crippen molar-refractivity contribution >= 4 is 17.5 Å². The summed E-state index contributed by atoms with van der Waals surface area (Å²) in [7, 11) is 0. The van der Waals surface area contributed by atoms with Crippen molar-refractivity contribution in [2.75, 3.05) is 0 Å². The summed E-state index contributed by atoms with van der Waals surface area (Å²) in [4.78, 5) is 16.4. The molecule has 1 aromatic rings. The molecule has 20 heavy (non-hydrogen) atoms. The van der Waals surface area contributed by atoms with Crippen LogP contribution in [0.5, 0.6) is 5.88 Å². The standard InChI is InChI=1S/C15H19ClN2O2/c16-13-9-8-12(14(19)17-10-6-7-10)15(18-13)20-11-4-2-1-3-5-11/h8-11H,1-7H2,(H,17,19). The Morgan fingerprint density at radius 3 is 2.65 bits per heavy atom. The maximum absolute atomic E-state index is 12.2. The fourth-order valence-electron chi connectivity index (χ4n) is 2.51. The molecule has 2 fully saturated rings. The Kier molecular flexibility index (Phi) is 4.10. The van der Waals surface area contributed by atoms with Gasteiger partial charge in [0.05, 0.1) is 0 Å². The second-order valence-electron chi connectivity index (χ2n) is 5.61. The number of carbonyl (C=O) groups excluding carboxylic acids is 1. The quantitative estimate of drug-likeness (QED) is 0.867. The van der Waals surface area contributed by atoms with Crippen LogP contribution in [0.4, 0.5) is 0 Å². The lowest BCUT2D eigenvalue weighted by atomic mass is 9.98. The van der Waals surface area contributed by atoms with Gasteiger partial charge in [0.2, 0.25) is 5.88 Å². The normalized spacial score (nSPS) is 19.6. The average molecular weight is 295 g/mol. The Balaban J connectivity index is 1.75. The number of carbonyl (C=O) groups is 1. The van der Waals surface area contributed by atoms with Crippen molar-refractivity contribution in [2.45, 2.75) is 57.1 Å². The van der Waals surface area contributed by atoms with E-state index in [0.717, 1.165) is 25.7 Å². The van der Waals surface area contributed by atoms with Crippen molar-refractivity contribution in [1.82, 2.24) is 10.3 Å². The molecule has 0 radical (unpaired) electrons. The molecule has 2 aliphatic carbocycles. The Morgan fingerprint density at radius 1 is 1.20 bits per heavy atom. The molecule has 5 heteroatoms. The SMILES string of the molecule is O=C(NC1CC1)c1ccc(Cl)nc1OC1CCCCC1. The first kappa shape index (κ1) is 13.7. The van der Waals surface area contributed by atoms with Gasteiger partial charge >= 0.3 is 0 Å². The lowest BCUT2D eigenvalue weighted by Gasteiger charge is -2.23. The predicted molar refractivity (Wildman–Crippen MR) is 77.2 cm³/mol. The van der Waals surface area contributed by atoms with E-state index in [-0.39, 0.29) is 12.0 Å². The summed E-state index contributed by atoms with van der Waals surface area (Å²) in [6.07, 6.45) is 7.94. The first-order chi connectivity index (χ1) is 9.72. The van der Waals surface area contributed by atoms with Crippen molar-refractivity contribution < 1.29 is 9.53 Å². The lowest BCUT2D eigenvalue weighted by molar-refractivity contribution is 0.0936. The molecule has 2 aliphatic rings. The van der Waals surface area contributed by atoms with E-state index < -0.39 is 0 Å². The van der Waals surface area contributed by atoms with E-state index >= 15 is 0 Å². The molecule has 2 saturated carbocycles. The predicted octanol–water partition coefficient (Wildman–Crippen LogP) is 3.34. The molecule has 0 bridgehead atoms. The summed E-state index contributed by atoms with van der Waals surface area (Å²) in [6.45, 7) is 0. The second kappa shape index (κ2) is 6.00. The maximum atomic E-state index is 12.2. The zero-order valence-electron chi connectivity index (χ0n) is 11.4. The smallest absolute Gasteiger partial charge is 0.256 e. The molecule has 4 nitrogen and oxygen atoms in total. The Morgan fingerprint density at radius 2 is 1.95 bits per heavy atom. The van der Waals surface area contributed by atoms with Gasteiger partial charge in [0.25, 0.3) is 5.91 Å². The van der Waals surface area contributed by atoms with Gasteiger partial charge in [-0.15, -0.1) is 0 Å². The van der Waals surface area contributed by atoms with Crippen LogP contribution in [0.25, 0.3) is 0 Å². The largest absolute Gasteiger partial charge is 0.474 e. The van der Waals surface area contributed by atoms with Gasteiger partial charge in [-0.3, -0.25) is 4.79 Å². The molecule has 0 aliphatic heterocycles. The molecule has 0 atom stereocenters. The summed E-state index contributed by atoms with van der Waals surface area (Å²) < 4.78 is 5.93. The highest BCUT2D eigenvalue weighted by molar-refractivity contribution is 6.29. The molecule has 0 unspecified atom stereocenters. The van der Waals surface area contributed by atoms with Crippen molar-refractivity contribution in [3.8, 4) is 5.88 Å². The number of ether oxygens (including phenoxy) is 1. The minimum absolute atomic E-state index is 0.109. The van der Waals surface area contributed by atoms with Crippen LogP contribution in [0.1, 0.15) is 55.3 Å². The third kappa shape index (κ3) is 3.42. The minimum atomic E-state index is -0.109. The van der Waals surface area contributed by atoms with Gasteiger partial charge in [-0.2, -0.15) is 0 Å². The third-order valence-corrected chi connectivity index (χ3v) is 4.02. The van der Waals surface area contributed by atoms with Crippen LogP contribution in [0.15, 0.2) is 12.1 Å². The maximum Gasteiger partial charge on any atom is 0.256 e. The molecular weight excluding hydrogens is 276 g/mol. The van der Waals surface area contributed by atoms with E-state index in [1.54, 1.807) is 12.1 Å². The van der Waals surface area contributed by atoms with Gasteiger partial charge in [-0.05, 0) is 50.7 Å². The number of aromatic nitrogens is 1. The van der Waals surface area contributed by atoms with Gasteiger partial charge in [-0.1, -0.05) is 18.0 Å². The molecule has 108 valence electrons. The second-order valence-corrected chi connectivity index (χ2v) is 6.00. The van der Waals surface area contributed by atoms with E-state index in [2.05, 4.69) is 10.3 Å². The third-order valence-electron chi connectivity index (χ3n) is 3.81. The van der Waals surface area contributed by atoms with Crippen LogP contribution < -0.4 is 10.1 Å². The number of halogens is 1. The van der Waals surface area contributed by atoms with Crippen LogP contribution in [0.2, 0.25) is 5.15 Å². The van der Waals surface area contributed by atoms with Gasteiger partial charge in [-0.25, -0.2) is 4.98 Å². The van der Waals surface area contributed by atoms with Crippen molar-refractivity contribution in [3.63, 3.8) is 0 Å². The van der Waals surface area contributed by atoms with Crippen LogP contribution in [0, 0.1) is 0 Å². The molecule has 3 rings (SSSR count). The van der Waals surface area contributed by atoms with Gasteiger partial charge in [0, 0.05) is 6.04 Å². The van der Waals surface area contributed by atoms with E-state index in [9.17, 15) is 4.79 Å². The summed E-state index contributed by atoms with van der Waals surface area (Å²) in [5.74, 6) is 0.269. The zero-order valence-corrected chi connectivity index (χ0v) is 12.2. The molecule has 0 saturated heterocycles. The number of nitrogens with one attached hydrogen (secondary N) is 1. The molecule has 0 spiro atoms. The van der Waals surface area contributed by atoms with E-state index in [0.29, 0.717) is 22.6 Å². The Bertz CT molecular complexity index is 497. The molecule has 1 amide bonds. The van der Waals surface area contributed by atoms with Crippen molar-refractivity contribution in [3.05, 3.63) is 22.8 Å². The zero-order chi connectivity index (χ0) is 13.9. The van der Waals surface area contributed by atoms with Crippen LogP contribution in [-0.4, -0.2) is 23.0 Å². The van der Waals surface area contributed by atoms with Crippen molar-refractivity contribution in [1.29, 1.82) is 0 Å². The van der Waals surface area contributed by atoms with Crippen molar-refractivity contribution in [2.24, 2.45) is 0 Å². The van der Waals surface area contributed by atoms with Crippen LogP contribution in [0.3, 0.4) is 0 Å². The topological polar surface area (TPSA) is 51.2 Å². The van der Waals surface area contributed by atoms with Crippen LogP contribution >= 0.6 is 11.6 Å². The summed E-state index contributed by atoms with van der Waals surface area (Å²) in [5, 5.41) is 3.33. The van der Waals surface area contributed by atoms with Gasteiger partial charge in [0.15, 0.2) is 0 Å². The highest BCUT2D eigenvalue weighted by Crippen LogP contribution is 2.27. The highest BCUT2D eigenvalue weighted by atomic mass is 35.5. The molecular formula is C15H19ClN2O2. The molecule has 1 heterocycles. The number of amides is 1. The Hall–Kier alpha value is -1.29. The first-order valence-electron chi connectivity index (χ1n) is 7.36. The van der Waals surface area contributed by atoms with Gasteiger partial charge in [0.1, 0.15) is 16.8 Å². The molecule has 1 N–H and O–H groups in total. The average Bonchev–Trinajstić information content (AvgIpc) is 3.24.